The molecule has 0 unspecified atom stereocenters. The third-order valence-electron chi connectivity index (χ3n) is 6.75. The molecule has 0 spiro atoms. The van der Waals surface area contributed by atoms with Gasteiger partial charge in [0, 0.05) is 53.4 Å². The number of carbonyl (C=O) groups is 6. The van der Waals surface area contributed by atoms with E-state index < -0.39 is 72.6 Å². The first-order valence-electron chi connectivity index (χ1n) is 16.2. The van der Waals surface area contributed by atoms with Crippen molar-refractivity contribution in [3.63, 3.8) is 0 Å². The van der Waals surface area contributed by atoms with Crippen LogP contribution in [0.15, 0.2) is 63.3 Å². The minimum atomic E-state index is -4.02. The molecule has 1 N–H and O–H groups in total. The Morgan fingerprint density at radius 1 is 0.621 bits per heavy atom. The van der Waals surface area contributed by atoms with E-state index in [1.807, 2.05) is 0 Å². The van der Waals surface area contributed by atoms with E-state index in [0.29, 0.717) is 18.6 Å². The van der Waals surface area contributed by atoms with Crippen molar-refractivity contribution in [2.45, 2.75) is 40.5 Å². The summed E-state index contributed by atoms with van der Waals surface area (Å²) < 4.78 is 89.0. The number of rotatable bonds is 27. The second-order valence-electron chi connectivity index (χ2n) is 11.1. The molecule has 0 aliphatic rings. The van der Waals surface area contributed by atoms with Crippen molar-refractivity contribution >= 4 is 80.4 Å². The molecule has 0 aromatic heterocycles. The van der Waals surface area contributed by atoms with E-state index in [1.165, 1.54) is 11.8 Å². The first-order valence-corrected chi connectivity index (χ1v) is 21.2. The summed E-state index contributed by atoms with van der Waals surface area (Å²) >= 11 is 4.72. The predicted octanol–water partition coefficient (Wildman–Crippen LogP) is 0.0674. The monoisotopic (exact) mass is 914 g/mol. The number of thioether (sulfide) groups is 1. The van der Waals surface area contributed by atoms with Gasteiger partial charge in [-0.25, -0.2) is 32.4 Å². The zero-order chi connectivity index (χ0) is 43.8. The molecule has 0 saturated heterocycles. The summed E-state index contributed by atoms with van der Waals surface area (Å²) in [6, 6.07) is 0. The molecule has 0 aliphatic carbocycles. The number of ether oxygens (including phenoxy) is 6. The number of hydrogen-bond acceptors (Lipinski definition) is 19. The molecule has 23 heteroatoms. The normalized spacial score (nSPS) is 10.6. The molecular weight excluding hydrogens is 860 g/mol. The second-order valence-corrected chi connectivity index (χ2v) is 15.8. The van der Waals surface area contributed by atoms with Crippen LogP contribution in [-0.4, -0.2) is 130 Å². The van der Waals surface area contributed by atoms with Gasteiger partial charge >= 0.3 is 65.4 Å². The first kappa shape index (κ1) is 64.2. The van der Waals surface area contributed by atoms with Gasteiger partial charge in [0.15, 0.2) is 0 Å². The van der Waals surface area contributed by atoms with Crippen LogP contribution in [0.25, 0.3) is 0 Å². The van der Waals surface area contributed by atoms with E-state index in [4.69, 9.17) is 33.0 Å². The van der Waals surface area contributed by atoms with Gasteiger partial charge in [-0.05, 0) is 12.8 Å². The molecule has 18 nitrogen and oxygen atoms in total. The molecular formula is C35H55NaO18S4. The van der Waals surface area contributed by atoms with E-state index in [1.54, 1.807) is 13.8 Å². The van der Waals surface area contributed by atoms with Gasteiger partial charge in [0.2, 0.25) is 0 Å². The van der Waals surface area contributed by atoms with Crippen LogP contribution in [0, 0.1) is 10.8 Å². The van der Waals surface area contributed by atoms with E-state index in [9.17, 15) is 50.2 Å². The van der Waals surface area contributed by atoms with Crippen LogP contribution in [0.2, 0.25) is 0 Å². The molecule has 0 aliphatic heterocycles. The maximum atomic E-state index is 11.9. The SMILES string of the molecule is C.C=CC(=O)OCC(CC)(COC(=O)C=C)COC(=O)C=C.C=CC(=O)OCC(CC)(COC(=O)C=C)COC(=O)CCSCCS(=O)(=O)O.O=S(=O)([O-])CCS.[Na+]. The van der Waals surface area contributed by atoms with E-state index in [0.717, 1.165) is 30.4 Å². The van der Waals surface area contributed by atoms with Crippen molar-refractivity contribution in [3.05, 3.63) is 63.3 Å². The van der Waals surface area contributed by atoms with Crippen molar-refractivity contribution in [1.82, 2.24) is 0 Å². The summed E-state index contributed by atoms with van der Waals surface area (Å²) in [5.74, 6) is -3.90. The maximum absolute atomic E-state index is 11.9. The Morgan fingerprint density at radius 2 is 0.914 bits per heavy atom. The van der Waals surface area contributed by atoms with Crippen LogP contribution >= 0.6 is 24.4 Å². The van der Waals surface area contributed by atoms with Crippen LogP contribution in [0.3, 0.4) is 0 Å². The van der Waals surface area contributed by atoms with Crippen molar-refractivity contribution in [2.75, 3.05) is 68.4 Å². The van der Waals surface area contributed by atoms with Gasteiger partial charge < -0.3 is 33.0 Å². The second kappa shape index (κ2) is 35.9. The minimum Gasteiger partial charge on any atom is -0.748 e. The summed E-state index contributed by atoms with van der Waals surface area (Å²) in [5, 5.41) is 0. The molecule has 0 amide bonds. The topological polar surface area (TPSA) is 269 Å². The van der Waals surface area contributed by atoms with Gasteiger partial charge in [-0.15, -0.1) is 0 Å². The molecule has 0 atom stereocenters. The molecule has 0 saturated carbocycles. The van der Waals surface area contributed by atoms with Gasteiger partial charge in [-0.1, -0.05) is 54.2 Å². The number of hydrogen-bond donors (Lipinski definition) is 2. The van der Waals surface area contributed by atoms with Crippen LogP contribution in [-0.2, 0) is 77.4 Å². The summed E-state index contributed by atoms with van der Waals surface area (Å²) in [6.07, 6.45) is 5.90. The van der Waals surface area contributed by atoms with E-state index in [2.05, 4.69) is 45.5 Å². The summed E-state index contributed by atoms with van der Waals surface area (Å²) in [5.41, 5.74) is -1.76. The molecule has 0 aromatic rings. The Labute approximate surface area is 373 Å². The fraction of sp³-hybridized carbons (Fsp3) is 0.543. The van der Waals surface area contributed by atoms with E-state index >= 15 is 0 Å². The standard InChI is InChI=1S/C17H26O9S2.C15H20O6.C2H6O3S2.CH4.Na/c1-4-14(18)24-11-17(6-3,12-25-15(19)5-2)13-26-16(20)7-8-27-9-10-28(21,22)23;1-5-12(16)19-9-15(8-4,10-20-13(17)6-2)11-21-14(18)7-3;3-7(4,5)2-1-6;;/h4-5H,1-2,6-13H2,3H3,(H,21,22,23);5-7H,1-3,8-11H2,4H3;6H,1-2H2,(H,3,4,5);1H4;/q;;;;+1/p-1. The molecule has 0 rings (SSSR count). The fourth-order valence-corrected chi connectivity index (χ4v) is 5.84. The van der Waals surface area contributed by atoms with Crippen LogP contribution in [0.1, 0.15) is 40.5 Å². The van der Waals surface area contributed by atoms with Gasteiger partial charge in [-0.2, -0.15) is 32.8 Å². The molecule has 0 bridgehead atoms. The van der Waals surface area contributed by atoms with Gasteiger partial charge in [-0.3, -0.25) is 9.35 Å². The Morgan fingerprint density at radius 3 is 1.12 bits per heavy atom. The Kier molecular flexibility index (Phi) is 39.8. The maximum Gasteiger partial charge on any atom is 1.00 e. The van der Waals surface area contributed by atoms with Crippen molar-refractivity contribution in [2.24, 2.45) is 10.8 Å². The summed E-state index contributed by atoms with van der Waals surface area (Å²) in [6.45, 7) is 19.4. The average molecular weight is 915 g/mol. The quantitative estimate of drug-likeness (QED) is 0.0210. The van der Waals surface area contributed by atoms with Gasteiger partial charge in [0.1, 0.15) is 39.6 Å². The number of thiol groups is 1. The predicted molar refractivity (Wildman–Crippen MR) is 216 cm³/mol. The van der Waals surface area contributed by atoms with Crippen LogP contribution in [0.4, 0.5) is 0 Å². The summed E-state index contributed by atoms with van der Waals surface area (Å²) in [7, 11) is -8.02. The molecule has 58 heavy (non-hydrogen) atoms. The Balaban J connectivity index is -0.000000275. The zero-order valence-electron chi connectivity index (χ0n) is 32.4. The number of esters is 6. The van der Waals surface area contributed by atoms with Crippen LogP contribution in [0.5, 0.6) is 0 Å². The molecule has 0 heterocycles. The molecule has 0 aromatic carbocycles. The molecule has 0 fully saturated rings. The van der Waals surface area contributed by atoms with Crippen molar-refractivity contribution in [1.29, 1.82) is 0 Å². The van der Waals surface area contributed by atoms with Gasteiger partial charge in [0.05, 0.1) is 33.1 Å². The largest absolute Gasteiger partial charge is 1.00 e. The minimum absolute atomic E-state index is 0. The Bertz CT molecular complexity index is 1460. The third kappa shape index (κ3) is 37.3. The molecule has 0 radical (unpaired) electrons. The third-order valence-corrected chi connectivity index (χ3v) is 9.95. The smallest absolute Gasteiger partial charge is 0.748 e. The summed E-state index contributed by atoms with van der Waals surface area (Å²) in [4.78, 5) is 68.1. The van der Waals surface area contributed by atoms with Crippen molar-refractivity contribution in [3.8, 4) is 0 Å². The van der Waals surface area contributed by atoms with Gasteiger partial charge in [0.25, 0.3) is 10.1 Å². The van der Waals surface area contributed by atoms with E-state index in [-0.39, 0.29) is 100 Å². The molecule has 328 valence electrons. The van der Waals surface area contributed by atoms with Crippen molar-refractivity contribution < 1.29 is 113 Å². The van der Waals surface area contributed by atoms with Crippen LogP contribution < -0.4 is 29.6 Å². The zero-order valence-corrected chi connectivity index (χ0v) is 37.7. The average Bonchev–Trinajstić information content (AvgIpc) is 3.16. The first-order chi connectivity index (χ1) is 26.1. The number of carbonyl (C=O) groups excluding carboxylic acids is 6. The Hall–Kier alpha value is -2.96. The fourth-order valence-electron chi connectivity index (χ4n) is 3.12.